The lowest BCUT2D eigenvalue weighted by Crippen LogP contribution is -2.30. The first-order chi connectivity index (χ1) is 12.3. The molecule has 1 amide bonds. The smallest absolute Gasteiger partial charge is 0.422 e. The lowest BCUT2D eigenvalue weighted by molar-refractivity contribution is -0.160. The quantitative estimate of drug-likeness (QED) is 0.523. The topological polar surface area (TPSA) is 86.5 Å². The molecule has 0 spiro atoms. The van der Waals surface area contributed by atoms with Gasteiger partial charge < -0.3 is 19.2 Å². The third-order valence-corrected chi connectivity index (χ3v) is 3.66. The van der Waals surface area contributed by atoms with E-state index in [4.69, 9.17) is 20.8 Å². The van der Waals surface area contributed by atoms with Crippen LogP contribution in [-0.4, -0.2) is 41.4 Å². The van der Waals surface area contributed by atoms with E-state index in [1.807, 2.05) is 0 Å². The molecule has 0 aliphatic carbocycles. The van der Waals surface area contributed by atoms with Crippen LogP contribution in [-0.2, 0) is 11.3 Å². The lowest BCUT2D eigenvalue weighted by Gasteiger charge is -2.08. The third-order valence-electron chi connectivity index (χ3n) is 2.59. The Labute approximate surface area is 155 Å². The molecule has 2 aromatic rings. The van der Waals surface area contributed by atoms with Gasteiger partial charge in [-0.2, -0.15) is 13.2 Å². The zero-order valence-corrected chi connectivity index (χ0v) is 14.7. The van der Waals surface area contributed by atoms with Gasteiger partial charge in [-0.05, 0) is 24.3 Å². The normalized spacial score (nSPS) is 11.2. The van der Waals surface area contributed by atoms with Gasteiger partial charge in [-0.15, -0.1) is 10.2 Å². The first-order valence-corrected chi connectivity index (χ1v) is 8.49. The van der Waals surface area contributed by atoms with E-state index < -0.39 is 18.9 Å². The predicted octanol–water partition coefficient (Wildman–Crippen LogP) is 3.68. The number of thioether (sulfide) groups is 1. The number of halogens is 4. The van der Waals surface area contributed by atoms with Crippen molar-refractivity contribution in [3.05, 3.63) is 35.2 Å². The second-order valence-corrected chi connectivity index (χ2v) is 6.15. The fourth-order valence-electron chi connectivity index (χ4n) is 1.52. The maximum Gasteiger partial charge on any atom is 0.422 e. The van der Waals surface area contributed by atoms with Gasteiger partial charge in [0.25, 0.3) is 11.1 Å². The minimum atomic E-state index is -4.56. The second kappa shape index (κ2) is 9.53. The Morgan fingerprint density at radius 1 is 1.27 bits per heavy atom. The molecule has 0 fully saturated rings. The van der Waals surface area contributed by atoms with Crippen LogP contribution in [0, 0.1) is 0 Å². The summed E-state index contributed by atoms with van der Waals surface area (Å²) in [7, 11) is 0. The number of hydrogen-bond donors (Lipinski definition) is 1. The second-order valence-electron chi connectivity index (χ2n) is 4.67. The average molecular weight is 412 g/mol. The number of carbonyl (C=O) groups is 1. The van der Waals surface area contributed by atoms with Crippen LogP contribution in [0.15, 0.2) is 33.9 Å². The molecule has 0 saturated heterocycles. The van der Waals surface area contributed by atoms with Crippen molar-refractivity contribution < 1.29 is 31.9 Å². The van der Waals surface area contributed by atoms with Crippen molar-refractivity contribution in [1.29, 1.82) is 0 Å². The SMILES string of the molecule is O=C(NCCSc1nnc(COc2ccc(Cl)cc2)o1)OCC(F)(F)F. The highest BCUT2D eigenvalue weighted by atomic mass is 35.5. The summed E-state index contributed by atoms with van der Waals surface area (Å²) in [6, 6.07) is 6.74. The molecule has 0 atom stereocenters. The maximum atomic E-state index is 11.9. The molecule has 142 valence electrons. The predicted molar refractivity (Wildman–Crippen MR) is 86.2 cm³/mol. The first kappa shape index (κ1) is 20.2. The Morgan fingerprint density at radius 3 is 2.69 bits per heavy atom. The number of nitrogens with zero attached hydrogens (tertiary/aromatic N) is 2. The summed E-state index contributed by atoms with van der Waals surface area (Å²) in [6.45, 7) is -1.50. The van der Waals surface area contributed by atoms with Crippen LogP contribution in [0.2, 0.25) is 5.02 Å². The molecular weight excluding hydrogens is 399 g/mol. The number of nitrogens with one attached hydrogen (secondary N) is 1. The van der Waals surface area contributed by atoms with E-state index in [9.17, 15) is 18.0 Å². The minimum absolute atomic E-state index is 0.0667. The van der Waals surface area contributed by atoms with Gasteiger partial charge in [-0.25, -0.2) is 4.79 Å². The highest BCUT2D eigenvalue weighted by Crippen LogP contribution is 2.19. The van der Waals surface area contributed by atoms with Gasteiger partial charge in [0, 0.05) is 17.3 Å². The highest BCUT2D eigenvalue weighted by molar-refractivity contribution is 7.99. The summed E-state index contributed by atoms with van der Waals surface area (Å²) >= 11 is 6.89. The fourth-order valence-corrected chi connectivity index (χ4v) is 2.28. The number of alkyl halides is 3. The number of aromatic nitrogens is 2. The first-order valence-electron chi connectivity index (χ1n) is 7.13. The lowest BCUT2D eigenvalue weighted by atomic mass is 10.3. The Hall–Kier alpha value is -2.14. The highest BCUT2D eigenvalue weighted by Gasteiger charge is 2.29. The van der Waals surface area contributed by atoms with E-state index in [0.29, 0.717) is 16.5 Å². The summed E-state index contributed by atoms with van der Waals surface area (Å²) in [6.07, 6.45) is -5.70. The Kier molecular flexibility index (Phi) is 7.39. The van der Waals surface area contributed by atoms with Crippen LogP contribution in [0.3, 0.4) is 0 Å². The summed E-state index contributed by atoms with van der Waals surface area (Å²) in [5.74, 6) is 1.14. The molecule has 0 aliphatic heterocycles. The van der Waals surface area contributed by atoms with Crippen molar-refractivity contribution in [2.24, 2.45) is 0 Å². The Balaban J connectivity index is 1.63. The van der Waals surface area contributed by atoms with Gasteiger partial charge >= 0.3 is 12.3 Å². The Morgan fingerprint density at radius 2 is 2.00 bits per heavy atom. The number of hydrogen-bond acceptors (Lipinski definition) is 7. The van der Waals surface area contributed by atoms with E-state index in [2.05, 4.69) is 20.3 Å². The van der Waals surface area contributed by atoms with Gasteiger partial charge in [0.05, 0.1) is 0 Å². The van der Waals surface area contributed by atoms with Crippen LogP contribution in [0.5, 0.6) is 5.75 Å². The molecule has 0 unspecified atom stereocenters. The van der Waals surface area contributed by atoms with Gasteiger partial charge in [0.1, 0.15) is 5.75 Å². The number of carbonyl (C=O) groups excluding carboxylic acids is 1. The van der Waals surface area contributed by atoms with E-state index in [0.717, 1.165) is 11.8 Å². The van der Waals surface area contributed by atoms with E-state index in [1.54, 1.807) is 24.3 Å². The van der Waals surface area contributed by atoms with E-state index in [-0.39, 0.29) is 24.3 Å². The molecule has 1 N–H and O–H groups in total. The molecule has 0 bridgehead atoms. The zero-order valence-electron chi connectivity index (χ0n) is 13.1. The Bertz CT molecular complexity index is 712. The molecular formula is C14H13ClF3N3O4S. The van der Waals surface area contributed by atoms with Crippen molar-refractivity contribution in [2.45, 2.75) is 18.0 Å². The third kappa shape index (κ3) is 7.83. The summed E-state index contributed by atoms with van der Waals surface area (Å²) < 4.78 is 50.3. The summed E-state index contributed by atoms with van der Waals surface area (Å²) in [4.78, 5) is 11.0. The van der Waals surface area contributed by atoms with Gasteiger partial charge in [0.2, 0.25) is 0 Å². The van der Waals surface area contributed by atoms with Crippen molar-refractivity contribution in [3.63, 3.8) is 0 Å². The molecule has 26 heavy (non-hydrogen) atoms. The van der Waals surface area contributed by atoms with Gasteiger partial charge in [0.15, 0.2) is 13.2 Å². The molecule has 0 radical (unpaired) electrons. The van der Waals surface area contributed by atoms with Crippen LogP contribution in [0.25, 0.3) is 0 Å². The summed E-state index contributed by atoms with van der Waals surface area (Å²) in [5, 5.41) is 10.6. The number of rotatable bonds is 8. The van der Waals surface area contributed by atoms with Crippen LogP contribution in [0.4, 0.5) is 18.0 Å². The van der Waals surface area contributed by atoms with E-state index in [1.165, 1.54) is 0 Å². The van der Waals surface area contributed by atoms with Crippen molar-refractivity contribution in [1.82, 2.24) is 15.5 Å². The number of ether oxygens (including phenoxy) is 2. The standard InChI is InChI=1S/C14H13ClF3N3O4S/c15-9-1-3-10(4-2-9)23-7-11-20-21-13(25-11)26-6-5-19-12(22)24-8-14(16,17)18/h1-4H,5-8H2,(H,19,22). The number of alkyl carbamates (subject to hydrolysis) is 1. The monoisotopic (exact) mass is 411 g/mol. The molecule has 0 aliphatic rings. The van der Waals surface area contributed by atoms with Crippen LogP contribution < -0.4 is 10.1 Å². The number of benzene rings is 1. The molecule has 1 aromatic carbocycles. The zero-order chi connectivity index (χ0) is 19.0. The van der Waals surface area contributed by atoms with Crippen LogP contribution in [0.1, 0.15) is 5.89 Å². The number of amides is 1. The van der Waals surface area contributed by atoms with Gasteiger partial charge in [-0.3, -0.25) is 0 Å². The van der Waals surface area contributed by atoms with Crippen molar-refractivity contribution in [2.75, 3.05) is 18.9 Å². The fraction of sp³-hybridized carbons (Fsp3) is 0.357. The minimum Gasteiger partial charge on any atom is -0.484 e. The molecule has 7 nitrogen and oxygen atoms in total. The molecule has 1 heterocycles. The van der Waals surface area contributed by atoms with Gasteiger partial charge in [-0.1, -0.05) is 23.4 Å². The van der Waals surface area contributed by atoms with Crippen LogP contribution >= 0.6 is 23.4 Å². The largest absolute Gasteiger partial charge is 0.484 e. The maximum absolute atomic E-state index is 11.9. The van der Waals surface area contributed by atoms with Crippen molar-refractivity contribution in [3.8, 4) is 5.75 Å². The average Bonchev–Trinajstić information content (AvgIpc) is 3.04. The molecule has 12 heteroatoms. The van der Waals surface area contributed by atoms with E-state index >= 15 is 0 Å². The molecule has 1 aromatic heterocycles. The summed E-state index contributed by atoms with van der Waals surface area (Å²) in [5.41, 5.74) is 0. The van der Waals surface area contributed by atoms with Crippen molar-refractivity contribution >= 4 is 29.5 Å². The molecule has 2 rings (SSSR count). The molecule has 0 saturated carbocycles.